The predicted octanol–water partition coefficient (Wildman–Crippen LogP) is 5.25. The second-order valence-electron chi connectivity index (χ2n) is 3.91. The highest BCUT2D eigenvalue weighted by Crippen LogP contribution is 2.38. The summed E-state index contributed by atoms with van der Waals surface area (Å²) in [6.07, 6.45) is -3.63. The first-order chi connectivity index (χ1) is 9.39. The van der Waals surface area contributed by atoms with Crippen LogP contribution < -0.4 is 0 Å². The lowest BCUT2D eigenvalue weighted by Crippen LogP contribution is -2.08. The molecular formula is C14H8ClF4N. The van der Waals surface area contributed by atoms with Crippen molar-refractivity contribution in [2.45, 2.75) is 6.18 Å². The maximum absolute atomic E-state index is 13.3. The number of hydrogen-bond acceptors (Lipinski definition) is 1. The number of nitrogens with zero attached hydrogens (tertiary/aromatic N) is 1. The first-order valence-corrected chi connectivity index (χ1v) is 5.91. The Kier molecular flexibility index (Phi) is 4.09. The van der Waals surface area contributed by atoms with Crippen molar-refractivity contribution in [2.24, 2.45) is 4.99 Å². The van der Waals surface area contributed by atoms with Gasteiger partial charge in [-0.2, -0.15) is 13.2 Å². The lowest BCUT2D eigenvalue weighted by molar-refractivity contribution is -0.139. The highest BCUT2D eigenvalue weighted by Gasteiger charge is 2.36. The van der Waals surface area contributed by atoms with Crippen LogP contribution >= 0.6 is 11.6 Å². The lowest BCUT2D eigenvalue weighted by Gasteiger charge is -2.10. The normalized spacial score (nSPS) is 12.1. The quantitative estimate of drug-likeness (QED) is 0.531. The maximum Gasteiger partial charge on any atom is 0.421 e. The molecule has 0 saturated carbocycles. The van der Waals surface area contributed by atoms with Crippen molar-refractivity contribution < 1.29 is 17.6 Å². The van der Waals surface area contributed by atoms with Gasteiger partial charge in [0.05, 0.1) is 5.69 Å². The van der Waals surface area contributed by atoms with Crippen molar-refractivity contribution >= 4 is 23.5 Å². The Labute approximate surface area is 117 Å². The number of benzene rings is 2. The summed E-state index contributed by atoms with van der Waals surface area (Å²) in [7, 11) is 0. The van der Waals surface area contributed by atoms with E-state index in [9.17, 15) is 17.6 Å². The Bertz CT molecular complexity index is 650. The summed E-state index contributed by atoms with van der Waals surface area (Å²) in [5.74, 6) is -1.36. The van der Waals surface area contributed by atoms with Gasteiger partial charge < -0.3 is 0 Å². The minimum absolute atomic E-state index is 0.348. The van der Waals surface area contributed by atoms with Crippen LogP contribution in [0, 0.1) is 5.82 Å². The fraction of sp³-hybridized carbons (Fsp3) is 0.0714. The molecule has 0 fully saturated rings. The summed E-state index contributed by atoms with van der Waals surface area (Å²) < 4.78 is 51.7. The number of aliphatic imine (C=N–C) groups is 1. The minimum Gasteiger partial charge on any atom is -0.255 e. The molecule has 0 heterocycles. The second kappa shape index (κ2) is 5.63. The number of alkyl halides is 3. The molecule has 0 aliphatic rings. The summed E-state index contributed by atoms with van der Waals surface area (Å²) in [5, 5.41) is 0.348. The Hall–Kier alpha value is -1.88. The molecule has 0 N–H and O–H groups in total. The van der Waals surface area contributed by atoms with Gasteiger partial charge in [0, 0.05) is 16.8 Å². The molecule has 0 unspecified atom stereocenters. The third kappa shape index (κ3) is 3.17. The maximum atomic E-state index is 13.3. The molecule has 0 aromatic heterocycles. The van der Waals surface area contributed by atoms with Crippen LogP contribution in [0.1, 0.15) is 11.1 Å². The van der Waals surface area contributed by atoms with Crippen molar-refractivity contribution in [3.63, 3.8) is 0 Å². The van der Waals surface area contributed by atoms with Crippen molar-refractivity contribution in [2.75, 3.05) is 0 Å². The number of halogens is 5. The highest BCUT2D eigenvalue weighted by atomic mass is 35.5. The van der Waals surface area contributed by atoms with E-state index in [2.05, 4.69) is 4.99 Å². The number of hydrogen-bond donors (Lipinski definition) is 0. The zero-order valence-corrected chi connectivity index (χ0v) is 10.7. The van der Waals surface area contributed by atoms with Gasteiger partial charge in [-0.05, 0) is 18.2 Å². The minimum atomic E-state index is -4.81. The standard InChI is InChI=1S/C14H8ClF4N/c15-10-5-2-1-4-9(10)8-20-12-7-3-6-11(16)13(12)14(17,18)19/h1-8H. The summed E-state index contributed by atoms with van der Waals surface area (Å²) in [4.78, 5) is 3.70. The molecule has 2 rings (SSSR count). The third-order valence-electron chi connectivity index (χ3n) is 2.52. The zero-order valence-electron chi connectivity index (χ0n) is 9.96. The highest BCUT2D eigenvalue weighted by molar-refractivity contribution is 6.33. The van der Waals surface area contributed by atoms with Crippen LogP contribution in [-0.2, 0) is 6.18 Å². The van der Waals surface area contributed by atoms with E-state index in [0.717, 1.165) is 12.1 Å². The van der Waals surface area contributed by atoms with Crippen LogP contribution in [0.3, 0.4) is 0 Å². The first kappa shape index (κ1) is 14.5. The summed E-state index contributed by atoms with van der Waals surface area (Å²) >= 11 is 5.86. The number of rotatable bonds is 2. The Morgan fingerprint density at radius 2 is 1.70 bits per heavy atom. The molecule has 0 atom stereocenters. The van der Waals surface area contributed by atoms with E-state index in [1.54, 1.807) is 24.3 Å². The van der Waals surface area contributed by atoms with E-state index in [0.29, 0.717) is 10.6 Å². The molecule has 20 heavy (non-hydrogen) atoms. The van der Waals surface area contributed by atoms with Gasteiger partial charge in [-0.25, -0.2) is 4.39 Å². The molecule has 0 bridgehead atoms. The fourth-order valence-corrected chi connectivity index (χ4v) is 1.80. The summed E-state index contributed by atoms with van der Waals surface area (Å²) in [6, 6.07) is 9.55. The van der Waals surface area contributed by atoms with Gasteiger partial charge in [-0.15, -0.1) is 0 Å². The second-order valence-corrected chi connectivity index (χ2v) is 4.32. The molecular weight excluding hydrogens is 294 g/mol. The van der Waals surface area contributed by atoms with E-state index in [4.69, 9.17) is 11.6 Å². The van der Waals surface area contributed by atoms with Gasteiger partial charge in [0.15, 0.2) is 0 Å². The molecule has 1 nitrogen and oxygen atoms in total. The monoisotopic (exact) mass is 301 g/mol. The van der Waals surface area contributed by atoms with E-state index in [1.807, 2.05) is 0 Å². The first-order valence-electron chi connectivity index (χ1n) is 5.54. The van der Waals surface area contributed by atoms with Gasteiger partial charge in [0.1, 0.15) is 11.4 Å². The van der Waals surface area contributed by atoms with E-state index in [-0.39, 0.29) is 0 Å². The molecule has 0 aliphatic carbocycles. The summed E-state index contributed by atoms with van der Waals surface area (Å²) in [5.41, 5.74) is -1.42. The van der Waals surface area contributed by atoms with Crippen LogP contribution in [0.25, 0.3) is 0 Å². The van der Waals surface area contributed by atoms with Crippen molar-refractivity contribution in [3.05, 3.63) is 64.4 Å². The predicted molar refractivity (Wildman–Crippen MR) is 70.1 cm³/mol. The van der Waals surface area contributed by atoms with E-state index >= 15 is 0 Å². The Morgan fingerprint density at radius 1 is 1.00 bits per heavy atom. The largest absolute Gasteiger partial charge is 0.421 e. The van der Waals surface area contributed by atoms with Crippen LogP contribution in [0.15, 0.2) is 47.5 Å². The molecule has 0 aliphatic heterocycles. The smallest absolute Gasteiger partial charge is 0.255 e. The van der Waals surface area contributed by atoms with Gasteiger partial charge >= 0.3 is 6.18 Å². The van der Waals surface area contributed by atoms with Crippen molar-refractivity contribution in [1.29, 1.82) is 0 Å². The Balaban J connectivity index is 2.45. The van der Waals surface area contributed by atoms with Crippen LogP contribution in [0.5, 0.6) is 0 Å². The molecule has 0 spiro atoms. The Morgan fingerprint density at radius 3 is 2.35 bits per heavy atom. The van der Waals surface area contributed by atoms with E-state index < -0.39 is 23.2 Å². The molecule has 0 amide bonds. The summed E-state index contributed by atoms with van der Waals surface area (Å²) in [6.45, 7) is 0. The molecule has 104 valence electrons. The molecule has 0 radical (unpaired) electrons. The van der Waals surface area contributed by atoms with Gasteiger partial charge in [0.25, 0.3) is 0 Å². The fourth-order valence-electron chi connectivity index (χ4n) is 1.62. The van der Waals surface area contributed by atoms with Crippen LogP contribution in [-0.4, -0.2) is 6.21 Å². The molecule has 2 aromatic rings. The third-order valence-corrected chi connectivity index (χ3v) is 2.87. The van der Waals surface area contributed by atoms with E-state index in [1.165, 1.54) is 12.3 Å². The SMILES string of the molecule is Fc1cccc(N=Cc2ccccc2Cl)c1C(F)(F)F. The van der Waals surface area contributed by atoms with Crippen LogP contribution in [0.4, 0.5) is 23.2 Å². The average Bonchev–Trinajstić information content (AvgIpc) is 2.36. The van der Waals surface area contributed by atoms with Gasteiger partial charge in [-0.3, -0.25) is 4.99 Å². The van der Waals surface area contributed by atoms with Gasteiger partial charge in [0.2, 0.25) is 0 Å². The van der Waals surface area contributed by atoms with Crippen LogP contribution in [0.2, 0.25) is 5.02 Å². The van der Waals surface area contributed by atoms with Crippen molar-refractivity contribution in [3.8, 4) is 0 Å². The van der Waals surface area contributed by atoms with Crippen molar-refractivity contribution in [1.82, 2.24) is 0 Å². The topological polar surface area (TPSA) is 12.4 Å². The lowest BCUT2D eigenvalue weighted by atomic mass is 10.1. The molecule has 6 heteroatoms. The zero-order chi connectivity index (χ0) is 14.8. The average molecular weight is 302 g/mol. The molecule has 2 aromatic carbocycles. The molecule has 0 saturated heterocycles. The van der Waals surface area contributed by atoms with Gasteiger partial charge in [-0.1, -0.05) is 35.9 Å².